The highest BCUT2D eigenvalue weighted by molar-refractivity contribution is 7.62. The van der Waals surface area contributed by atoms with Crippen molar-refractivity contribution in [1.82, 2.24) is 9.55 Å². The molecule has 0 radical (unpaired) electrons. The molecule has 0 aromatic carbocycles. The molecule has 5 atom stereocenters. The van der Waals surface area contributed by atoms with Gasteiger partial charge >= 0.3 is 17.6 Å². The summed E-state index contributed by atoms with van der Waals surface area (Å²) in [7, 11) is 0.233. The smallest absolute Gasteiger partial charge is 0.330 e. The fourth-order valence-corrected chi connectivity index (χ4v) is 5.61. The average molecular weight is 519 g/mol. The number of ether oxygens (including phenoxy) is 5. The third kappa shape index (κ3) is 8.13. The van der Waals surface area contributed by atoms with E-state index in [1.807, 2.05) is 6.92 Å². The normalized spacial score (nSPS) is 23.1. The van der Waals surface area contributed by atoms with Gasteiger partial charge in [0.15, 0.2) is 12.3 Å². The number of nitrogens with zero attached hydrogens (tertiary/aromatic N) is 1. The lowest BCUT2D eigenvalue weighted by Gasteiger charge is -2.28. The second-order valence-corrected chi connectivity index (χ2v) is 12.6. The van der Waals surface area contributed by atoms with Crippen LogP contribution in [0.1, 0.15) is 31.6 Å². The molecule has 12 nitrogen and oxygen atoms in total. The quantitative estimate of drug-likeness (QED) is 0.240. The minimum Gasteiger partial charge on any atom is -0.469 e. The van der Waals surface area contributed by atoms with E-state index in [4.69, 9.17) is 18.9 Å². The molecular formula is C22H35N2O10P. The van der Waals surface area contributed by atoms with Crippen molar-refractivity contribution >= 4 is 19.1 Å². The lowest BCUT2D eigenvalue weighted by atomic mass is 9.99. The number of aromatic nitrogens is 2. The molecule has 1 N–H and O–H groups in total. The van der Waals surface area contributed by atoms with Crippen LogP contribution in [0.25, 0.3) is 0 Å². The number of H-pyrrole nitrogens is 1. The van der Waals surface area contributed by atoms with Gasteiger partial charge in [0.2, 0.25) is 0 Å². The molecule has 2 heterocycles. The molecule has 1 fully saturated rings. The highest BCUT2D eigenvalue weighted by Gasteiger charge is 2.51. The van der Waals surface area contributed by atoms with E-state index in [9.17, 15) is 23.7 Å². The van der Waals surface area contributed by atoms with E-state index in [0.29, 0.717) is 6.16 Å². The SMILES string of the molecule is COCCO[C@@H]1[C@H](OC(=O)CCC(=O)OC)[C@@H]([C@@H](C)CP(C)(C)=O)O[C@H]1n1cc(C)c(=O)[nH]c1=O. The maximum Gasteiger partial charge on any atom is 0.330 e. The second kappa shape index (κ2) is 12.6. The maximum atomic E-state index is 12.6. The zero-order valence-corrected chi connectivity index (χ0v) is 21.9. The number of aryl methyl sites for hydroxylation is 1. The molecule has 35 heavy (non-hydrogen) atoms. The molecule has 13 heteroatoms. The van der Waals surface area contributed by atoms with E-state index in [2.05, 4.69) is 9.72 Å². The monoisotopic (exact) mass is 518 g/mol. The van der Waals surface area contributed by atoms with Crippen molar-refractivity contribution in [2.24, 2.45) is 5.92 Å². The molecule has 0 spiro atoms. The van der Waals surface area contributed by atoms with Gasteiger partial charge in [0.1, 0.15) is 12.2 Å². The van der Waals surface area contributed by atoms with Crippen molar-refractivity contribution in [3.8, 4) is 0 Å². The van der Waals surface area contributed by atoms with Gasteiger partial charge in [-0.3, -0.25) is 23.9 Å². The van der Waals surface area contributed by atoms with Gasteiger partial charge in [0, 0.05) is 25.0 Å². The van der Waals surface area contributed by atoms with Gasteiger partial charge in [-0.15, -0.1) is 0 Å². The first-order valence-electron chi connectivity index (χ1n) is 11.3. The summed E-state index contributed by atoms with van der Waals surface area (Å²) in [6.45, 7) is 6.99. The van der Waals surface area contributed by atoms with Crippen LogP contribution in [0.2, 0.25) is 0 Å². The number of nitrogens with one attached hydrogen (secondary N) is 1. The number of hydrogen-bond donors (Lipinski definition) is 1. The number of methoxy groups -OCH3 is 2. The Morgan fingerprint density at radius 2 is 1.80 bits per heavy atom. The number of esters is 2. The Morgan fingerprint density at radius 1 is 1.14 bits per heavy atom. The Kier molecular flexibility index (Phi) is 10.4. The van der Waals surface area contributed by atoms with E-state index in [0.717, 1.165) is 0 Å². The molecule has 0 aliphatic carbocycles. The van der Waals surface area contributed by atoms with Crippen LogP contribution in [0, 0.1) is 12.8 Å². The summed E-state index contributed by atoms with van der Waals surface area (Å²) in [6.07, 6.45) is -2.50. The largest absolute Gasteiger partial charge is 0.469 e. The van der Waals surface area contributed by atoms with Crippen molar-refractivity contribution in [1.29, 1.82) is 0 Å². The van der Waals surface area contributed by atoms with Crippen LogP contribution in [-0.2, 0) is 37.8 Å². The molecule has 1 aromatic rings. The van der Waals surface area contributed by atoms with Gasteiger partial charge in [-0.05, 0) is 26.2 Å². The maximum absolute atomic E-state index is 12.6. The zero-order valence-electron chi connectivity index (χ0n) is 21.0. The summed E-state index contributed by atoms with van der Waals surface area (Å²) in [5.41, 5.74) is -0.972. The van der Waals surface area contributed by atoms with Crippen molar-refractivity contribution in [2.75, 3.05) is 46.9 Å². The van der Waals surface area contributed by atoms with Crippen LogP contribution in [0.3, 0.4) is 0 Å². The molecule has 1 saturated heterocycles. The lowest BCUT2D eigenvalue weighted by Crippen LogP contribution is -2.43. The number of aromatic amines is 1. The first-order chi connectivity index (χ1) is 16.4. The number of carbonyl (C=O) groups excluding carboxylic acids is 2. The molecule has 0 unspecified atom stereocenters. The van der Waals surface area contributed by atoms with Gasteiger partial charge in [-0.25, -0.2) is 4.79 Å². The predicted octanol–water partition coefficient (Wildman–Crippen LogP) is 0.898. The van der Waals surface area contributed by atoms with Gasteiger partial charge in [-0.1, -0.05) is 6.92 Å². The first-order valence-corrected chi connectivity index (χ1v) is 14.0. The van der Waals surface area contributed by atoms with Gasteiger partial charge in [0.25, 0.3) is 5.56 Å². The summed E-state index contributed by atoms with van der Waals surface area (Å²) in [5, 5.41) is 0. The van der Waals surface area contributed by atoms with Gasteiger partial charge in [0.05, 0.1) is 40.3 Å². The minimum absolute atomic E-state index is 0.107. The van der Waals surface area contributed by atoms with E-state index < -0.39 is 54.9 Å². The summed E-state index contributed by atoms with van der Waals surface area (Å²) in [6, 6.07) is 0. The van der Waals surface area contributed by atoms with Crippen molar-refractivity contribution in [3.63, 3.8) is 0 Å². The summed E-state index contributed by atoms with van der Waals surface area (Å²) < 4.78 is 41.3. The van der Waals surface area contributed by atoms with Crippen molar-refractivity contribution in [2.45, 2.75) is 51.2 Å². The number of carbonyl (C=O) groups is 2. The van der Waals surface area contributed by atoms with Crippen molar-refractivity contribution < 1.29 is 37.8 Å². The Balaban J connectivity index is 2.45. The summed E-state index contributed by atoms with van der Waals surface area (Å²) in [5.74, 6) is -1.58. The third-order valence-corrected chi connectivity index (χ3v) is 7.02. The van der Waals surface area contributed by atoms with Crippen LogP contribution in [0.15, 0.2) is 15.8 Å². The fourth-order valence-electron chi connectivity index (χ4n) is 4.02. The third-order valence-electron chi connectivity index (χ3n) is 5.56. The van der Waals surface area contributed by atoms with Gasteiger partial charge in [-0.2, -0.15) is 0 Å². The predicted molar refractivity (Wildman–Crippen MR) is 126 cm³/mol. The van der Waals surface area contributed by atoms with E-state index in [-0.39, 0.29) is 37.5 Å². The topological polar surface area (TPSA) is 152 Å². The summed E-state index contributed by atoms with van der Waals surface area (Å²) in [4.78, 5) is 50.9. The van der Waals surface area contributed by atoms with Crippen LogP contribution < -0.4 is 11.2 Å². The van der Waals surface area contributed by atoms with Crippen LogP contribution in [-0.4, -0.2) is 86.7 Å². The lowest BCUT2D eigenvalue weighted by molar-refractivity contribution is -0.161. The molecule has 0 amide bonds. The fraction of sp³-hybridized carbons (Fsp3) is 0.727. The second-order valence-electron chi connectivity index (χ2n) is 9.06. The van der Waals surface area contributed by atoms with Crippen LogP contribution in [0.4, 0.5) is 0 Å². The van der Waals surface area contributed by atoms with E-state index in [1.54, 1.807) is 20.3 Å². The molecule has 1 aliphatic rings. The standard InChI is InChI=1S/C22H35N2O10P/c1-13-11-24(22(28)23-20(13)27)21-19(32-10-9-30-3)18(33-16(26)8-7-15(25)31-4)17(34-21)14(2)12-35(5,6)29/h11,14,17-19,21H,7-10,12H2,1-6H3,(H,23,27,28)/t14-,17+,18+,19+,21+/m0/s1. The first kappa shape index (κ1) is 29.0. The highest BCUT2D eigenvalue weighted by atomic mass is 31.2. The van der Waals surface area contributed by atoms with Crippen LogP contribution in [0.5, 0.6) is 0 Å². The highest BCUT2D eigenvalue weighted by Crippen LogP contribution is 2.43. The Bertz CT molecular complexity index is 1050. The van der Waals surface area contributed by atoms with Crippen LogP contribution >= 0.6 is 7.14 Å². The van der Waals surface area contributed by atoms with Gasteiger partial charge < -0.3 is 28.2 Å². The van der Waals surface area contributed by atoms with E-state index in [1.165, 1.54) is 25.0 Å². The van der Waals surface area contributed by atoms with Crippen molar-refractivity contribution in [3.05, 3.63) is 32.6 Å². The number of hydrogen-bond acceptors (Lipinski definition) is 10. The molecule has 1 aliphatic heterocycles. The van der Waals surface area contributed by atoms with E-state index >= 15 is 0 Å². The molecule has 0 bridgehead atoms. The Hall–Kier alpha value is -2.27. The molecule has 2 rings (SSSR count). The minimum atomic E-state index is -2.48. The average Bonchev–Trinajstić information content (AvgIpc) is 3.11. The summed E-state index contributed by atoms with van der Waals surface area (Å²) >= 11 is 0. The molecule has 1 aromatic heterocycles. The number of rotatable bonds is 12. The molecule has 0 saturated carbocycles. The molecule has 198 valence electrons. The Labute approximate surface area is 203 Å². The molecular weight excluding hydrogens is 483 g/mol. The Morgan fingerprint density at radius 3 is 2.40 bits per heavy atom. The zero-order chi connectivity index (χ0) is 26.3.